The number of rotatable bonds is 6. The maximum atomic E-state index is 5.20. The summed E-state index contributed by atoms with van der Waals surface area (Å²) >= 11 is 0. The first-order chi connectivity index (χ1) is 31.2. The van der Waals surface area contributed by atoms with Crippen LogP contribution >= 0.6 is 0 Å². The molecule has 0 aliphatic carbocycles. The highest BCUT2D eigenvalue weighted by Gasteiger charge is 2.24. The van der Waals surface area contributed by atoms with Gasteiger partial charge in [0.1, 0.15) is 0 Å². The Hall–Kier alpha value is -8.82. The largest absolute Gasteiger partial charge is 0.354 e. The fourth-order valence-electron chi connectivity index (χ4n) is 9.22. The molecule has 0 unspecified atom stereocenters. The van der Waals surface area contributed by atoms with E-state index < -0.39 is 0 Å². The zero-order valence-electron chi connectivity index (χ0n) is 33.6. The topological polar surface area (TPSA) is 103 Å². The Morgan fingerprint density at radius 2 is 0.587 bits per heavy atom. The maximum Gasteiger partial charge on any atom is 0.238 e. The van der Waals surface area contributed by atoms with Crippen LogP contribution in [0.15, 0.2) is 194 Å². The molecule has 5 aromatic heterocycles. The van der Waals surface area contributed by atoms with Gasteiger partial charge < -0.3 is 4.98 Å². The van der Waals surface area contributed by atoms with E-state index >= 15 is 0 Å². The van der Waals surface area contributed by atoms with Crippen LogP contribution in [0.4, 0.5) is 0 Å². The Morgan fingerprint density at radius 3 is 0.937 bits per heavy atom. The number of hydrogen-bond donors (Lipinski definition) is 1. The zero-order chi connectivity index (χ0) is 41.4. The molecule has 13 aromatic rings. The smallest absolute Gasteiger partial charge is 0.238 e. The third-order valence-electron chi connectivity index (χ3n) is 12.0. The number of aromatic amines is 1. The number of aromatic nitrogens is 9. The van der Waals surface area contributed by atoms with Gasteiger partial charge in [0.25, 0.3) is 0 Å². The van der Waals surface area contributed by atoms with Crippen molar-refractivity contribution in [3.8, 4) is 57.4 Å². The van der Waals surface area contributed by atoms with Gasteiger partial charge in [-0.25, -0.2) is 9.97 Å². The van der Waals surface area contributed by atoms with Crippen molar-refractivity contribution in [3.63, 3.8) is 0 Å². The van der Waals surface area contributed by atoms with Crippen molar-refractivity contribution in [2.45, 2.75) is 0 Å². The van der Waals surface area contributed by atoms with Crippen molar-refractivity contribution in [2.75, 3.05) is 0 Å². The molecule has 5 heterocycles. The van der Waals surface area contributed by atoms with Gasteiger partial charge in [-0.3, -0.25) is 9.13 Å². The third kappa shape index (κ3) is 5.50. The molecule has 0 saturated carbocycles. The Bertz CT molecular complexity index is 3520. The minimum Gasteiger partial charge on any atom is -0.354 e. The average molecular weight is 808 g/mol. The number of nitrogens with zero attached hydrogens (tertiary/aromatic N) is 8. The van der Waals surface area contributed by atoms with Crippen molar-refractivity contribution in [1.82, 2.24) is 44.0 Å². The van der Waals surface area contributed by atoms with E-state index in [0.717, 1.165) is 87.7 Å². The Balaban J connectivity index is 1.12. The van der Waals surface area contributed by atoms with Crippen molar-refractivity contribution >= 4 is 65.4 Å². The molecule has 0 amide bonds. The first-order valence-electron chi connectivity index (χ1n) is 20.9. The van der Waals surface area contributed by atoms with Gasteiger partial charge in [-0.15, -0.1) is 0 Å². The van der Waals surface area contributed by atoms with E-state index in [-0.39, 0.29) is 0 Å². The van der Waals surface area contributed by atoms with E-state index in [1.165, 1.54) is 0 Å². The SMILES string of the molecule is c1ccc(-c2nc(-c3ccccc3)nc(-n3c4ccccc4c4c5c(ccc43)[nH]c3ccc4c(c6ccccc6n4-c4nc(-c6ccccc6)nc(-c6ccccc6)n4)c35)n2)cc1. The van der Waals surface area contributed by atoms with Crippen LogP contribution in [0, 0.1) is 0 Å². The highest BCUT2D eigenvalue weighted by molar-refractivity contribution is 6.35. The molecule has 0 radical (unpaired) electrons. The molecule has 0 saturated heterocycles. The molecule has 63 heavy (non-hydrogen) atoms. The molecule has 0 aliphatic rings. The predicted molar refractivity (Wildman–Crippen MR) is 253 cm³/mol. The van der Waals surface area contributed by atoms with Gasteiger partial charge in [-0.05, 0) is 36.4 Å². The highest BCUT2D eigenvalue weighted by atomic mass is 15.2. The number of H-pyrrole nitrogens is 1. The lowest BCUT2D eigenvalue weighted by atomic mass is 10.0. The van der Waals surface area contributed by atoms with Crippen LogP contribution in [0.3, 0.4) is 0 Å². The van der Waals surface area contributed by atoms with E-state index in [2.05, 4.69) is 86.9 Å². The predicted octanol–water partition coefficient (Wildman–Crippen LogP) is 12.6. The van der Waals surface area contributed by atoms with Gasteiger partial charge in [0.2, 0.25) is 11.9 Å². The second-order valence-electron chi connectivity index (χ2n) is 15.6. The third-order valence-corrected chi connectivity index (χ3v) is 12.0. The summed E-state index contributed by atoms with van der Waals surface area (Å²) in [5.74, 6) is 3.53. The van der Waals surface area contributed by atoms with Crippen LogP contribution in [-0.4, -0.2) is 44.0 Å². The lowest BCUT2D eigenvalue weighted by Gasteiger charge is -2.11. The van der Waals surface area contributed by atoms with Crippen molar-refractivity contribution < 1.29 is 0 Å². The Labute approximate surface area is 359 Å². The number of hydrogen-bond acceptors (Lipinski definition) is 6. The monoisotopic (exact) mass is 807 g/mol. The van der Waals surface area contributed by atoms with Crippen LogP contribution in [-0.2, 0) is 0 Å². The normalized spacial score (nSPS) is 11.8. The van der Waals surface area contributed by atoms with Crippen LogP contribution in [0.2, 0.25) is 0 Å². The molecule has 13 rings (SSSR count). The summed E-state index contributed by atoms with van der Waals surface area (Å²) in [6.07, 6.45) is 0. The van der Waals surface area contributed by atoms with Gasteiger partial charge >= 0.3 is 0 Å². The van der Waals surface area contributed by atoms with Gasteiger partial charge in [0.15, 0.2) is 23.3 Å². The lowest BCUT2D eigenvalue weighted by Crippen LogP contribution is -2.06. The molecule has 294 valence electrons. The van der Waals surface area contributed by atoms with E-state index in [4.69, 9.17) is 29.9 Å². The van der Waals surface area contributed by atoms with Crippen LogP contribution in [0.1, 0.15) is 0 Å². The van der Waals surface area contributed by atoms with Crippen LogP contribution < -0.4 is 0 Å². The summed E-state index contributed by atoms with van der Waals surface area (Å²) < 4.78 is 4.38. The number of benzene rings is 8. The van der Waals surface area contributed by atoms with Gasteiger partial charge in [-0.2, -0.15) is 19.9 Å². The average Bonchev–Trinajstić information content (AvgIpc) is 4.02. The highest BCUT2D eigenvalue weighted by Crippen LogP contribution is 2.45. The van der Waals surface area contributed by atoms with E-state index in [1.807, 2.05) is 121 Å². The first-order valence-corrected chi connectivity index (χ1v) is 20.9. The molecular formula is C54H33N9. The summed E-state index contributed by atoms with van der Waals surface area (Å²) in [5, 5.41) is 6.66. The standard InChI is InChI=1S/C54H33N9/c1-5-17-33(18-6-1)49-56-50(34-19-7-2-8-20-34)59-53(58-49)62-41-27-15-13-25-37(41)45-43(62)31-29-39-47(45)48-40(55-39)30-32-44-46(48)38-26-14-16-28-42(38)63(44)54-60-51(35-21-9-3-10-22-35)57-52(61-54)36-23-11-4-12-24-36/h1-32,55H. The summed E-state index contributed by atoms with van der Waals surface area (Å²) in [6.45, 7) is 0. The lowest BCUT2D eigenvalue weighted by molar-refractivity contribution is 0.953. The van der Waals surface area contributed by atoms with Crippen molar-refractivity contribution in [1.29, 1.82) is 0 Å². The molecule has 0 spiro atoms. The minimum atomic E-state index is 0.549. The first kappa shape index (κ1) is 35.0. The fourth-order valence-corrected chi connectivity index (χ4v) is 9.22. The minimum absolute atomic E-state index is 0.549. The van der Waals surface area contributed by atoms with Crippen molar-refractivity contribution in [3.05, 3.63) is 194 Å². The molecule has 9 nitrogen and oxygen atoms in total. The Morgan fingerprint density at radius 1 is 0.270 bits per heavy atom. The number of fused-ring (bicyclic) bond motifs is 11. The molecule has 0 fully saturated rings. The summed E-state index contributed by atoms with van der Waals surface area (Å²) in [7, 11) is 0. The number of para-hydroxylation sites is 2. The molecular weight excluding hydrogens is 775 g/mol. The summed E-state index contributed by atoms with van der Waals surface area (Å²) in [5.41, 5.74) is 9.73. The quantitative estimate of drug-likeness (QED) is 0.179. The number of nitrogens with one attached hydrogen (secondary N) is 1. The maximum absolute atomic E-state index is 5.20. The van der Waals surface area contributed by atoms with Crippen LogP contribution in [0.5, 0.6) is 0 Å². The summed E-state index contributed by atoms with van der Waals surface area (Å²) in [6, 6.07) is 66.3. The molecule has 0 aliphatic heterocycles. The van der Waals surface area contributed by atoms with Crippen molar-refractivity contribution in [2.24, 2.45) is 0 Å². The van der Waals surface area contributed by atoms with Gasteiger partial charge in [-0.1, -0.05) is 158 Å². The second kappa shape index (κ2) is 13.9. The zero-order valence-corrected chi connectivity index (χ0v) is 33.6. The summed E-state index contributed by atoms with van der Waals surface area (Å²) in [4.78, 5) is 34.6. The van der Waals surface area contributed by atoms with Gasteiger partial charge in [0.05, 0.1) is 22.1 Å². The second-order valence-corrected chi connectivity index (χ2v) is 15.6. The van der Waals surface area contributed by atoms with E-state index in [1.54, 1.807) is 0 Å². The van der Waals surface area contributed by atoms with E-state index in [0.29, 0.717) is 35.2 Å². The molecule has 0 bridgehead atoms. The van der Waals surface area contributed by atoms with Crippen LogP contribution in [0.25, 0.3) is 123 Å². The molecule has 0 atom stereocenters. The molecule has 1 N–H and O–H groups in total. The molecule has 9 heteroatoms. The van der Waals surface area contributed by atoms with E-state index in [9.17, 15) is 0 Å². The molecule has 8 aromatic carbocycles. The Kier molecular flexibility index (Phi) is 7.70. The fraction of sp³-hybridized carbons (Fsp3) is 0. The van der Waals surface area contributed by atoms with Gasteiger partial charge in [0, 0.05) is 65.6 Å².